The Morgan fingerprint density at radius 3 is 2.41 bits per heavy atom. The number of aromatic nitrogens is 2. The summed E-state index contributed by atoms with van der Waals surface area (Å²) in [4.78, 5) is 17.5. The molecule has 0 saturated heterocycles. The number of nitrogens with one attached hydrogen (secondary N) is 2. The fourth-order valence-electron chi connectivity index (χ4n) is 2.51. The normalized spacial score (nSPS) is 10.3. The molecule has 1 amide bonds. The van der Waals surface area contributed by atoms with E-state index in [1.807, 2.05) is 47.2 Å². The lowest BCUT2D eigenvalue weighted by atomic mass is 10.2. The van der Waals surface area contributed by atoms with E-state index >= 15 is 0 Å². The van der Waals surface area contributed by atoms with Crippen LogP contribution in [0.5, 0.6) is 0 Å². The van der Waals surface area contributed by atoms with Gasteiger partial charge in [0.2, 0.25) is 0 Å². The van der Waals surface area contributed by atoms with Crippen molar-refractivity contribution < 1.29 is 4.79 Å². The van der Waals surface area contributed by atoms with Gasteiger partial charge in [0.05, 0.1) is 6.33 Å². The average Bonchev–Trinajstić information content (AvgIpc) is 3.21. The first-order valence-corrected chi connectivity index (χ1v) is 8.87. The number of imidazole rings is 1. The van der Waals surface area contributed by atoms with Crippen LogP contribution in [0, 0.1) is 0 Å². The van der Waals surface area contributed by atoms with E-state index in [0.29, 0.717) is 17.2 Å². The Morgan fingerprint density at radius 1 is 1.11 bits per heavy atom. The predicted octanol–water partition coefficient (Wildman–Crippen LogP) is 3.06. The maximum atomic E-state index is 11.9. The van der Waals surface area contributed by atoms with E-state index < -0.39 is 0 Å². The highest BCUT2D eigenvalue weighted by atomic mass is 32.1. The quantitative estimate of drug-likeness (QED) is 0.667. The minimum absolute atomic E-state index is 0.0265. The van der Waals surface area contributed by atoms with Crippen LogP contribution in [0.25, 0.3) is 5.69 Å². The molecule has 3 rings (SSSR count). The Balaban J connectivity index is 1.51. The molecule has 138 valence electrons. The van der Waals surface area contributed by atoms with Crippen molar-refractivity contribution in [3.05, 3.63) is 78.4 Å². The summed E-state index contributed by atoms with van der Waals surface area (Å²) >= 11 is 5.34. The van der Waals surface area contributed by atoms with Crippen molar-refractivity contribution in [3.8, 4) is 5.69 Å². The first kappa shape index (κ1) is 18.6. The molecule has 0 aliphatic heterocycles. The molecule has 0 radical (unpaired) electrons. The molecule has 2 aromatic carbocycles. The van der Waals surface area contributed by atoms with Gasteiger partial charge in [0.15, 0.2) is 5.11 Å². The molecule has 0 saturated carbocycles. The molecule has 1 heterocycles. The van der Waals surface area contributed by atoms with E-state index in [4.69, 9.17) is 12.2 Å². The number of hydrogen-bond donors (Lipinski definition) is 2. The lowest BCUT2D eigenvalue weighted by molar-refractivity contribution is 0.0827. The van der Waals surface area contributed by atoms with E-state index in [1.165, 1.54) is 0 Å². The summed E-state index contributed by atoms with van der Waals surface area (Å²) in [5.74, 6) is -0.0265. The van der Waals surface area contributed by atoms with Crippen molar-refractivity contribution in [1.29, 1.82) is 0 Å². The molecule has 1 aromatic heterocycles. The molecule has 0 unspecified atom stereocenters. The van der Waals surface area contributed by atoms with Crippen LogP contribution in [-0.4, -0.2) is 39.6 Å². The smallest absolute Gasteiger partial charge is 0.253 e. The van der Waals surface area contributed by atoms with Crippen molar-refractivity contribution in [2.24, 2.45) is 0 Å². The summed E-state index contributed by atoms with van der Waals surface area (Å²) in [6, 6.07) is 15.4. The van der Waals surface area contributed by atoms with Crippen LogP contribution in [0.1, 0.15) is 15.9 Å². The van der Waals surface area contributed by atoms with Gasteiger partial charge in [-0.25, -0.2) is 4.98 Å². The molecular weight excluding hydrogens is 358 g/mol. The molecule has 6 nitrogen and oxygen atoms in total. The molecule has 7 heteroatoms. The summed E-state index contributed by atoms with van der Waals surface area (Å²) in [5, 5.41) is 6.84. The number of benzene rings is 2. The van der Waals surface area contributed by atoms with Crippen LogP contribution in [-0.2, 0) is 6.54 Å². The Morgan fingerprint density at radius 2 is 1.81 bits per heavy atom. The lowest BCUT2D eigenvalue weighted by Crippen LogP contribution is -2.28. The molecule has 3 aromatic rings. The standard InChI is InChI=1S/C20H21N5OS/c1-24(2)19(26)16-5-7-17(8-6-16)23-20(27)22-13-15-3-9-18(10-4-15)25-12-11-21-14-25/h3-12,14H,13H2,1-2H3,(H2,22,23,27). The highest BCUT2D eigenvalue weighted by molar-refractivity contribution is 7.80. The first-order valence-electron chi connectivity index (χ1n) is 8.47. The van der Waals surface area contributed by atoms with E-state index in [2.05, 4.69) is 15.6 Å². The summed E-state index contributed by atoms with van der Waals surface area (Å²) < 4.78 is 1.95. The third-order valence-electron chi connectivity index (χ3n) is 3.99. The maximum absolute atomic E-state index is 11.9. The predicted molar refractivity (Wildman–Crippen MR) is 111 cm³/mol. The fourth-order valence-corrected chi connectivity index (χ4v) is 2.70. The van der Waals surface area contributed by atoms with Crippen molar-refractivity contribution in [3.63, 3.8) is 0 Å². The van der Waals surface area contributed by atoms with E-state index in [0.717, 1.165) is 16.9 Å². The Hall–Kier alpha value is -3.19. The molecule has 0 aliphatic rings. The maximum Gasteiger partial charge on any atom is 0.253 e. The molecule has 27 heavy (non-hydrogen) atoms. The zero-order valence-electron chi connectivity index (χ0n) is 15.2. The van der Waals surface area contributed by atoms with Gasteiger partial charge in [-0.3, -0.25) is 4.79 Å². The van der Waals surface area contributed by atoms with Gasteiger partial charge in [-0.1, -0.05) is 12.1 Å². The number of anilines is 1. The second kappa shape index (κ2) is 8.46. The zero-order valence-corrected chi connectivity index (χ0v) is 16.0. The topological polar surface area (TPSA) is 62.2 Å². The minimum atomic E-state index is -0.0265. The van der Waals surface area contributed by atoms with Crippen LogP contribution < -0.4 is 10.6 Å². The van der Waals surface area contributed by atoms with Crippen LogP contribution in [0.3, 0.4) is 0 Å². The molecular formula is C20H21N5OS. The summed E-state index contributed by atoms with van der Waals surface area (Å²) in [7, 11) is 3.46. The van der Waals surface area contributed by atoms with Gasteiger partial charge < -0.3 is 20.1 Å². The molecule has 0 spiro atoms. The monoisotopic (exact) mass is 379 g/mol. The van der Waals surface area contributed by atoms with Gasteiger partial charge in [0.1, 0.15) is 0 Å². The first-order chi connectivity index (χ1) is 13.0. The van der Waals surface area contributed by atoms with Gasteiger partial charge in [-0.15, -0.1) is 0 Å². The van der Waals surface area contributed by atoms with Gasteiger partial charge in [0, 0.05) is 50.0 Å². The Labute approximate surface area is 163 Å². The number of carbonyl (C=O) groups is 1. The Bertz CT molecular complexity index is 903. The van der Waals surface area contributed by atoms with Crippen LogP contribution in [0.2, 0.25) is 0 Å². The van der Waals surface area contributed by atoms with Gasteiger partial charge in [-0.2, -0.15) is 0 Å². The number of thiocarbonyl (C=S) groups is 1. The zero-order chi connectivity index (χ0) is 19.2. The van der Waals surface area contributed by atoms with Crippen molar-refractivity contribution >= 4 is 28.9 Å². The van der Waals surface area contributed by atoms with Crippen LogP contribution in [0.15, 0.2) is 67.3 Å². The van der Waals surface area contributed by atoms with E-state index in [9.17, 15) is 4.79 Å². The van der Waals surface area contributed by atoms with Crippen molar-refractivity contribution in [2.45, 2.75) is 6.54 Å². The van der Waals surface area contributed by atoms with Crippen LogP contribution >= 0.6 is 12.2 Å². The second-order valence-corrected chi connectivity index (χ2v) is 6.63. The number of hydrogen-bond acceptors (Lipinski definition) is 3. The summed E-state index contributed by atoms with van der Waals surface area (Å²) in [6.45, 7) is 0.618. The Kier molecular flexibility index (Phi) is 5.83. The number of rotatable bonds is 5. The van der Waals surface area contributed by atoms with E-state index in [1.54, 1.807) is 43.7 Å². The SMILES string of the molecule is CN(C)C(=O)c1ccc(NC(=S)NCc2ccc(-n3ccnc3)cc2)cc1. The van der Waals surface area contributed by atoms with Gasteiger partial charge in [0.25, 0.3) is 5.91 Å². The number of nitrogens with zero attached hydrogens (tertiary/aromatic N) is 3. The number of carbonyl (C=O) groups excluding carboxylic acids is 1. The summed E-state index contributed by atoms with van der Waals surface area (Å²) in [6.07, 6.45) is 5.43. The lowest BCUT2D eigenvalue weighted by Gasteiger charge is -2.13. The van der Waals surface area contributed by atoms with E-state index in [-0.39, 0.29) is 5.91 Å². The molecule has 0 atom stereocenters. The third kappa shape index (κ3) is 4.92. The second-order valence-electron chi connectivity index (χ2n) is 6.22. The average molecular weight is 379 g/mol. The fraction of sp³-hybridized carbons (Fsp3) is 0.150. The highest BCUT2D eigenvalue weighted by Gasteiger charge is 2.07. The van der Waals surface area contributed by atoms with Gasteiger partial charge in [-0.05, 0) is 54.2 Å². The largest absolute Gasteiger partial charge is 0.358 e. The molecule has 0 aliphatic carbocycles. The van der Waals surface area contributed by atoms with Gasteiger partial charge >= 0.3 is 0 Å². The molecule has 0 bridgehead atoms. The molecule has 2 N–H and O–H groups in total. The molecule has 0 fully saturated rings. The van der Waals surface area contributed by atoms with Crippen molar-refractivity contribution in [2.75, 3.05) is 19.4 Å². The van der Waals surface area contributed by atoms with Crippen LogP contribution in [0.4, 0.5) is 5.69 Å². The summed E-state index contributed by atoms with van der Waals surface area (Å²) in [5.41, 5.74) is 3.65. The number of amides is 1. The highest BCUT2D eigenvalue weighted by Crippen LogP contribution is 2.12. The third-order valence-corrected chi connectivity index (χ3v) is 4.23. The minimum Gasteiger partial charge on any atom is -0.358 e. The van der Waals surface area contributed by atoms with Crippen molar-refractivity contribution in [1.82, 2.24) is 19.8 Å².